The van der Waals surface area contributed by atoms with Crippen molar-refractivity contribution in [3.05, 3.63) is 29.8 Å². The lowest BCUT2D eigenvalue weighted by Crippen LogP contribution is -2.59. The highest BCUT2D eigenvalue weighted by atomic mass is 32.2. The number of nitrogens with one attached hydrogen (secondary N) is 1. The van der Waals surface area contributed by atoms with Gasteiger partial charge in [0.15, 0.2) is 0 Å². The number of rotatable bonds is 2. The minimum absolute atomic E-state index is 0.0513. The molecule has 1 N–H and O–H groups in total. The van der Waals surface area contributed by atoms with E-state index in [1.54, 1.807) is 4.90 Å². The second-order valence-corrected chi connectivity index (χ2v) is 12.1. The number of anilines is 1. The van der Waals surface area contributed by atoms with Crippen molar-refractivity contribution in [3.63, 3.8) is 0 Å². The smallest absolute Gasteiger partial charge is 0.410 e. The van der Waals surface area contributed by atoms with Crippen LogP contribution in [0, 0.1) is 0 Å². The van der Waals surface area contributed by atoms with Crippen LogP contribution < -0.4 is 9.62 Å². The van der Waals surface area contributed by atoms with Crippen LogP contribution in [0.5, 0.6) is 0 Å². The number of piperidine rings is 1. The maximum absolute atomic E-state index is 13.0. The van der Waals surface area contributed by atoms with Crippen molar-refractivity contribution in [2.75, 3.05) is 25.0 Å². The molecule has 0 bridgehead atoms. The third kappa shape index (κ3) is 4.31. The lowest BCUT2D eigenvalue weighted by molar-refractivity contribution is 0.0154. The van der Waals surface area contributed by atoms with E-state index in [4.69, 9.17) is 4.74 Å². The predicted molar refractivity (Wildman–Crippen MR) is 118 cm³/mol. The van der Waals surface area contributed by atoms with Crippen LogP contribution in [0.1, 0.15) is 66.0 Å². The van der Waals surface area contributed by atoms with Gasteiger partial charge >= 0.3 is 6.09 Å². The zero-order chi connectivity index (χ0) is 21.6. The molecule has 1 fully saturated rings. The fourth-order valence-electron chi connectivity index (χ4n) is 4.24. The largest absolute Gasteiger partial charge is 0.444 e. The number of para-hydroxylation sites is 1. The van der Waals surface area contributed by atoms with E-state index in [1.165, 1.54) is 11.3 Å². The van der Waals surface area contributed by atoms with E-state index in [-0.39, 0.29) is 22.4 Å². The van der Waals surface area contributed by atoms with Gasteiger partial charge in [0.2, 0.25) is 0 Å². The number of carbonyl (C=O) groups is 1. The van der Waals surface area contributed by atoms with Crippen LogP contribution in [-0.4, -0.2) is 51.2 Å². The first-order chi connectivity index (χ1) is 13.3. The Labute approximate surface area is 177 Å². The summed E-state index contributed by atoms with van der Waals surface area (Å²) in [6.07, 6.45) is 1.32. The lowest BCUT2D eigenvalue weighted by Gasteiger charge is -2.48. The maximum Gasteiger partial charge on any atom is 0.410 e. The van der Waals surface area contributed by atoms with Crippen molar-refractivity contribution in [1.82, 2.24) is 9.62 Å². The van der Waals surface area contributed by atoms with Crippen molar-refractivity contribution in [2.45, 2.75) is 76.3 Å². The van der Waals surface area contributed by atoms with Gasteiger partial charge in [0.05, 0.1) is 27.3 Å². The highest BCUT2D eigenvalue weighted by Gasteiger charge is 2.52. The summed E-state index contributed by atoms with van der Waals surface area (Å²) in [5.41, 5.74) is 1.63. The first kappa shape index (κ1) is 22.1. The van der Waals surface area contributed by atoms with E-state index < -0.39 is 16.6 Å². The van der Waals surface area contributed by atoms with Gasteiger partial charge in [-0.3, -0.25) is 0 Å². The summed E-state index contributed by atoms with van der Waals surface area (Å²) in [5, 5.41) is 0. The van der Waals surface area contributed by atoms with Crippen molar-refractivity contribution >= 4 is 22.8 Å². The molecule has 162 valence electrons. The molecule has 1 amide bonds. The Bertz CT molecular complexity index is 789. The molecule has 1 aromatic rings. The van der Waals surface area contributed by atoms with Gasteiger partial charge < -0.3 is 14.5 Å². The molecule has 0 aliphatic carbocycles. The normalized spacial score (nSPS) is 22.5. The second-order valence-electron chi connectivity index (χ2n) is 10.1. The lowest BCUT2D eigenvalue weighted by atomic mass is 9.80. The third-order valence-electron chi connectivity index (χ3n) is 5.88. The van der Waals surface area contributed by atoms with Crippen LogP contribution in [-0.2, 0) is 15.7 Å². The maximum atomic E-state index is 13.0. The number of amides is 1. The number of benzene rings is 1. The number of hydrogen-bond donors (Lipinski definition) is 1. The molecule has 2 heterocycles. The molecule has 0 aromatic heterocycles. The van der Waals surface area contributed by atoms with Crippen LogP contribution in [0.25, 0.3) is 0 Å². The number of nitrogens with zero attached hydrogens (tertiary/aromatic N) is 2. The molecular formula is C22H35N3O3S. The molecule has 0 saturated carbocycles. The van der Waals surface area contributed by atoms with Gasteiger partial charge in [-0.15, -0.1) is 0 Å². The number of likely N-dealkylation sites (tertiary alicyclic amines) is 1. The molecule has 2 atom stereocenters. The van der Waals surface area contributed by atoms with E-state index >= 15 is 0 Å². The van der Waals surface area contributed by atoms with E-state index in [9.17, 15) is 9.00 Å². The molecule has 7 heteroatoms. The van der Waals surface area contributed by atoms with Crippen LogP contribution >= 0.6 is 0 Å². The Kier molecular flexibility index (Phi) is 5.78. The van der Waals surface area contributed by atoms with Gasteiger partial charge in [-0.2, -0.15) is 0 Å². The predicted octanol–water partition coefficient (Wildman–Crippen LogP) is 4.00. The molecule has 1 spiro atoms. The number of likely N-dealkylation sites (N-methyl/N-ethyl adjacent to an activating group) is 1. The summed E-state index contributed by atoms with van der Waals surface area (Å²) in [4.78, 5) is 16.7. The Hall–Kier alpha value is -1.60. The summed E-state index contributed by atoms with van der Waals surface area (Å²) in [6.45, 7) is 12.9. The summed E-state index contributed by atoms with van der Waals surface area (Å²) in [5.74, 6) is 0. The van der Waals surface area contributed by atoms with Gasteiger partial charge in [-0.25, -0.2) is 13.7 Å². The van der Waals surface area contributed by atoms with Crippen molar-refractivity contribution in [3.8, 4) is 0 Å². The average Bonchev–Trinajstić information content (AvgIpc) is 2.83. The molecule has 3 rings (SSSR count). The summed E-state index contributed by atoms with van der Waals surface area (Å²) < 4.78 is 21.6. The monoisotopic (exact) mass is 421 g/mol. The van der Waals surface area contributed by atoms with Gasteiger partial charge in [-0.05, 0) is 66.0 Å². The number of fused-ring (bicyclic) bond motifs is 1. The van der Waals surface area contributed by atoms with Gasteiger partial charge in [0, 0.05) is 25.8 Å². The molecule has 2 aliphatic rings. The van der Waals surface area contributed by atoms with Crippen LogP contribution in [0.3, 0.4) is 0 Å². The Morgan fingerprint density at radius 3 is 2.28 bits per heavy atom. The topological polar surface area (TPSA) is 61.9 Å². The summed E-state index contributed by atoms with van der Waals surface area (Å²) >= 11 is 0. The Morgan fingerprint density at radius 2 is 1.72 bits per heavy atom. The molecular weight excluding hydrogens is 386 g/mol. The van der Waals surface area contributed by atoms with E-state index in [0.29, 0.717) is 13.1 Å². The third-order valence-corrected chi connectivity index (χ3v) is 7.44. The summed E-state index contributed by atoms with van der Waals surface area (Å²) in [7, 11) is 0.925. The van der Waals surface area contributed by atoms with Crippen LogP contribution in [0.15, 0.2) is 24.3 Å². The Balaban J connectivity index is 1.85. The molecule has 29 heavy (non-hydrogen) atoms. The fourth-order valence-corrected chi connectivity index (χ4v) is 5.16. The quantitative estimate of drug-likeness (QED) is 0.784. The van der Waals surface area contributed by atoms with Crippen molar-refractivity contribution in [2.24, 2.45) is 0 Å². The van der Waals surface area contributed by atoms with E-state index in [1.807, 2.05) is 53.7 Å². The second kappa shape index (κ2) is 7.58. The molecule has 0 unspecified atom stereocenters. The van der Waals surface area contributed by atoms with Crippen LogP contribution in [0.2, 0.25) is 0 Å². The SMILES string of the molecule is CN1c2ccccc2[C@@H](N[S@](=O)C(C)(C)C)C12CCN(C(=O)OC(C)(C)C)CC2. The van der Waals surface area contributed by atoms with E-state index in [2.05, 4.69) is 28.8 Å². The molecule has 6 nitrogen and oxygen atoms in total. The van der Waals surface area contributed by atoms with Gasteiger partial charge in [-0.1, -0.05) is 18.2 Å². The highest BCUT2D eigenvalue weighted by Crippen LogP contribution is 2.50. The first-order valence-corrected chi connectivity index (χ1v) is 11.5. The minimum atomic E-state index is -1.19. The average molecular weight is 422 g/mol. The zero-order valence-electron chi connectivity index (χ0n) is 18.7. The minimum Gasteiger partial charge on any atom is -0.444 e. The molecule has 1 aromatic carbocycles. The van der Waals surface area contributed by atoms with Crippen molar-refractivity contribution in [1.29, 1.82) is 0 Å². The van der Waals surface area contributed by atoms with E-state index in [0.717, 1.165) is 12.8 Å². The summed E-state index contributed by atoms with van der Waals surface area (Å²) in [6, 6.07) is 8.28. The highest BCUT2D eigenvalue weighted by molar-refractivity contribution is 7.84. The molecule has 1 saturated heterocycles. The molecule has 2 aliphatic heterocycles. The fraction of sp³-hybridized carbons (Fsp3) is 0.682. The number of hydrogen-bond acceptors (Lipinski definition) is 4. The Morgan fingerprint density at radius 1 is 1.14 bits per heavy atom. The van der Waals surface area contributed by atoms with Crippen LogP contribution in [0.4, 0.5) is 10.5 Å². The standard InChI is InChI=1S/C22H35N3O3S/c1-20(2,3)28-19(26)25-14-12-22(13-15-25)18(23-29(27)21(4,5)6)16-10-8-9-11-17(16)24(22)7/h8-11,18,23H,12-15H2,1-7H3/t18-,29-/m1/s1. The molecule has 0 radical (unpaired) electrons. The van der Waals surface area contributed by atoms with Gasteiger partial charge in [0.1, 0.15) is 5.60 Å². The first-order valence-electron chi connectivity index (χ1n) is 10.3. The number of carbonyl (C=O) groups excluding carboxylic acids is 1. The zero-order valence-corrected chi connectivity index (χ0v) is 19.6. The van der Waals surface area contributed by atoms with Crippen molar-refractivity contribution < 1.29 is 13.7 Å². The van der Waals surface area contributed by atoms with Gasteiger partial charge in [0.25, 0.3) is 0 Å². The number of ether oxygens (including phenoxy) is 1.